The number of nitrogens with one attached hydrogen (secondary N) is 1. The average molecular weight is 239 g/mol. The maximum absolute atomic E-state index is 9.63. The molecule has 0 fully saturated rings. The Labute approximate surface area is 102 Å². The highest BCUT2D eigenvalue weighted by Gasteiger charge is 2.05. The van der Waals surface area contributed by atoms with Gasteiger partial charge in [0.15, 0.2) is 0 Å². The fourth-order valence-electron chi connectivity index (χ4n) is 1.31. The number of rotatable bonds is 7. The molecule has 0 aliphatic carbocycles. The van der Waals surface area contributed by atoms with Gasteiger partial charge in [0.05, 0.1) is 6.61 Å². The highest BCUT2D eigenvalue weighted by molar-refractivity contribution is 5.26. The Bertz CT molecular complexity index is 311. The van der Waals surface area contributed by atoms with Gasteiger partial charge < -0.3 is 20.3 Å². The van der Waals surface area contributed by atoms with Crippen LogP contribution in [0.25, 0.3) is 0 Å². The first-order valence-electron chi connectivity index (χ1n) is 5.86. The molecular formula is C13H21NO3. The van der Waals surface area contributed by atoms with Gasteiger partial charge in [-0.3, -0.25) is 0 Å². The standard InChI is InChI=1S/C13H21NO3/c1-10(2)14-7-12(16)9-17-13-5-3-11(8-15)4-6-13/h3-6,10,12,14-16H,7-9H2,1-2H3/t12-/m1/s1. The quantitative estimate of drug-likeness (QED) is 0.662. The van der Waals surface area contributed by atoms with E-state index in [2.05, 4.69) is 5.32 Å². The van der Waals surface area contributed by atoms with Gasteiger partial charge in [0.25, 0.3) is 0 Å². The summed E-state index contributed by atoms with van der Waals surface area (Å²) in [5, 5.41) is 21.6. The van der Waals surface area contributed by atoms with E-state index in [0.29, 0.717) is 18.3 Å². The summed E-state index contributed by atoms with van der Waals surface area (Å²) in [6, 6.07) is 7.53. The monoisotopic (exact) mass is 239 g/mol. The van der Waals surface area contributed by atoms with Crippen LogP contribution in [0.3, 0.4) is 0 Å². The van der Waals surface area contributed by atoms with Gasteiger partial charge in [0, 0.05) is 12.6 Å². The van der Waals surface area contributed by atoms with Gasteiger partial charge in [0.2, 0.25) is 0 Å². The molecule has 1 rings (SSSR count). The van der Waals surface area contributed by atoms with Crippen molar-refractivity contribution in [2.24, 2.45) is 0 Å². The van der Waals surface area contributed by atoms with E-state index in [1.165, 1.54) is 0 Å². The van der Waals surface area contributed by atoms with E-state index in [-0.39, 0.29) is 13.2 Å². The third-order valence-electron chi connectivity index (χ3n) is 2.31. The van der Waals surface area contributed by atoms with Crippen LogP contribution in [-0.2, 0) is 6.61 Å². The van der Waals surface area contributed by atoms with Crippen LogP contribution in [-0.4, -0.2) is 35.5 Å². The third kappa shape index (κ3) is 5.68. The zero-order chi connectivity index (χ0) is 12.7. The summed E-state index contributed by atoms with van der Waals surface area (Å²) >= 11 is 0. The summed E-state index contributed by atoms with van der Waals surface area (Å²) in [6.45, 7) is 4.87. The van der Waals surface area contributed by atoms with E-state index in [9.17, 15) is 5.11 Å². The molecule has 0 aliphatic rings. The van der Waals surface area contributed by atoms with Gasteiger partial charge in [-0.05, 0) is 17.7 Å². The van der Waals surface area contributed by atoms with Crippen molar-refractivity contribution in [3.63, 3.8) is 0 Å². The lowest BCUT2D eigenvalue weighted by Gasteiger charge is -2.15. The van der Waals surface area contributed by atoms with Crippen LogP contribution in [0.5, 0.6) is 5.75 Å². The van der Waals surface area contributed by atoms with Crippen molar-refractivity contribution in [2.75, 3.05) is 13.2 Å². The molecule has 96 valence electrons. The number of benzene rings is 1. The lowest BCUT2D eigenvalue weighted by atomic mass is 10.2. The average Bonchev–Trinajstić information content (AvgIpc) is 2.34. The normalized spacial score (nSPS) is 12.8. The summed E-state index contributed by atoms with van der Waals surface area (Å²) in [7, 11) is 0. The van der Waals surface area contributed by atoms with Crippen LogP contribution in [0.2, 0.25) is 0 Å². The lowest BCUT2D eigenvalue weighted by Crippen LogP contribution is -2.35. The van der Waals surface area contributed by atoms with Crippen molar-refractivity contribution in [3.05, 3.63) is 29.8 Å². The highest BCUT2D eigenvalue weighted by Crippen LogP contribution is 2.12. The second-order valence-electron chi connectivity index (χ2n) is 4.33. The molecule has 0 spiro atoms. The summed E-state index contributed by atoms with van der Waals surface area (Å²) in [5.41, 5.74) is 0.847. The molecule has 0 saturated carbocycles. The number of hydrogen-bond acceptors (Lipinski definition) is 4. The number of aliphatic hydroxyl groups is 2. The van der Waals surface area contributed by atoms with E-state index < -0.39 is 6.10 Å². The van der Waals surface area contributed by atoms with Gasteiger partial charge in [-0.15, -0.1) is 0 Å². The van der Waals surface area contributed by atoms with E-state index >= 15 is 0 Å². The molecule has 0 aliphatic heterocycles. The van der Waals surface area contributed by atoms with Crippen LogP contribution in [0, 0.1) is 0 Å². The third-order valence-corrected chi connectivity index (χ3v) is 2.31. The van der Waals surface area contributed by atoms with Crippen molar-refractivity contribution >= 4 is 0 Å². The Morgan fingerprint density at radius 1 is 1.24 bits per heavy atom. The molecule has 0 radical (unpaired) electrons. The minimum atomic E-state index is -0.519. The second-order valence-corrected chi connectivity index (χ2v) is 4.33. The molecular weight excluding hydrogens is 218 g/mol. The number of aliphatic hydroxyl groups excluding tert-OH is 2. The predicted molar refractivity (Wildman–Crippen MR) is 67.0 cm³/mol. The van der Waals surface area contributed by atoms with Gasteiger partial charge in [-0.25, -0.2) is 0 Å². The molecule has 4 nitrogen and oxygen atoms in total. The zero-order valence-electron chi connectivity index (χ0n) is 10.4. The minimum absolute atomic E-state index is 0.0290. The van der Waals surface area contributed by atoms with Crippen LogP contribution < -0.4 is 10.1 Å². The molecule has 1 atom stereocenters. The van der Waals surface area contributed by atoms with Gasteiger partial charge in [0.1, 0.15) is 18.5 Å². The van der Waals surface area contributed by atoms with Crippen molar-refractivity contribution < 1.29 is 14.9 Å². The number of ether oxygens (including phenoxy) is 1. The Balaban J connectivity index is 2.29. The second kappa shape index (κ2) is 7.27. The molecule has 0 heterocycles. The zero-order valence-corrected chi connectivity index (χ0v) is 10.4. The lowest BCUT2D eigenvalue weighted by molar-refractivity contribution is 0.104. The first kappa shape index (κ1) is 14.0. The van der Waals surface area contributed by atoms with Gasteiger partial charge in [-0.1, -0.05) is 26.0 Å². The molecule has 0 aromatic heterocycles. The summed E-state index contributed by atoms with van der Waals surface area (Å²) in [4.78, 5) is 0. The summed E-state index contributed by atoms with van der Waals surface area (Å²) < 4.78 is 5.43. The molecule has 0 amide bonds. The Morgan fingerprint density at radius 3 is 2.41 bits per heavy atom. The molecule has 3 N–H and O–H groups in total. The van der Waals surface area contributed by atoms with Gasteiger partial charge in [-0.2, -0.15) is 0 Å². The highest BCUT2D eigenvalue weighted by atomic mass is 16.5. The topological polar surface area (TPSA) is 61.7 Å². The van der Waals surface area contributed by atoms with Crippen LogP contribution in [0.1, 0.15) is 19.4 Å². The maximum Gasteiger partial charge on any atom is 0.119 e. The predicted octanol–water partition coefficient (Wildman–Crippen LogP) is 0.917. The molecule has 4 heteroatoms. The molecule has 1 aromatic rings. The fraction of sp³-hybridized carbons (Fsp3) is 0.538. The van der Waals surface area contributed by atoms with Crippen molar-refractivity contribution in [3.8, 4) is 5.75 Å². The first-order valence-corrected chi connectivity index (χ1v) is 5.86. The SMILES string of the molecule is CC(C)NC[C@@H](O)COc1ccc(CO)cc1. The van der Waals surface area contributed by atoms with E-state index in [1.807, 2.05) is 13.8 Å². The Kier molecular flexibility index (Phi) is 5.97. The van der Waals surface area contributed by atoms with E-state index in [1.54, 1.807) is 24.3 Å². The van der Waals surface area contributed by atoms with Crippen LogP contribution >= 0.6 is 0 Å². The largest absolute Gasteiger partial charge is 0.491 e. The Morgan fingerprint density at radius 2 is 1.88 bits per heavy atom. The molecule has 0 bridgehead atoms. The van der Waals surface area contributed by atoms with Gasteiger partial charge >= 0.3 is 0 Å². The summed E-state index contributed by atoms with van der Waals surface area (Å²) in [5.74, 6) is 0.700. The molecule has 0 saturated heterocycles. The minimum Gasteiger partial charge on any atom is -0.491 e. The maximum atomic E-state index is 9.63. The molecule has 0 unspecified atom stereocenters. The fourth-order valence-corrected chi connectivity index (χ4v) is 1.31. The van der Waals surface area contributed by atoms with Crippen molar-refractivity contribution in [2.45, 2.75) is 32.6 Å². The summed E-state index contributed by atoms with van der Waals surface area (Å²) in [6.07, 6.45) is -0.519. The smallest absolute Gasteiger partial charge is 0.119 e. The first-order chi connectivity index (χ1) is 8.11. The van der Waals surface area contributed by atoms with Crippen molar-refractivity contribution in [1.82, 2.24) is 5.32 Å². The molecule has 1 aromatic carbocycles. The number of hydrogen-bond donors (Lipinski definition) is 3. The Hall–Kier alpha value is -1.10. The van der Waals surface area contributed by atoms with Crippen molar-refractivity contribution in [1.29, 1.82) is 0 Å². The van der Waals surface area contributed by atoms with E-state index in [0.717, 1.165) is 5.56 Å². The van der Waals surface area contributed by atoms with Crippen LogP contribution in [0.15, 0.2) is 24.3 Å². The molecule has 17 heavy (non-hydrogen) atoms. The van der Waals surface area contributed by atoms with Crippen LogP contribution in [0.4, 0.5) is 0 Å². The van der Waals surface area contributed by atoms with E-state index in [4.69, 9.17) is 9.84 Å².